The van der Waals surface area contributed by atoms with Crippen molar-refractivity contribution in [2.45, 2.75) is 49.2 Å². The number of benzene rings is 1. The summed E-state index contributed by atoms with van der Waals surface area (Å²) in [7, 11) is -1.25. The molecule has 1 aromatic rings. The molecule has 3 atom stereocenters. The summed E-state index contributed by atoms with van der Waals surface area (Å²) >= 11 is 3.34. The average molecular weight is 359 g/mol. The van der Waals surface area contributed by atoms with Gasteiger partial charge in [0.05, 0.1) is 21.3 Å². The van der Waals surface area contributed by atoms with Crippen LogP contribution >= 0.6 is 15.9 Å². The van der Waals surface area contributed by atoms with Crippen LogP contribution in [0.4, 0.5) is 0 Å². The van der Waals surface area contributed by atoms with E-state index in [0.717, 1.165) is 30.2 Å². The minimum atomic E-state index is -1.25. The van der Waals surface area contributed by atoms with Gasteiger partial charge in [-0.15, -0.1) is 0 Å². The zero-order valence-corrected chi connectivity index (χ0v) is 13.9. The van der Waals surface area contributed by atoms with E-state index in [1.54, 1.807) is 12.1 Å². The summed E-state index contributed by atoms with van der Waals surface area (Å²) < 4.78 is 13.6. The van der Waals surface area contributed by atoms with E-state index in [-0.39, 0.29) is 10.8 Å². The molecule has 2 rings (SSSR count). The fourth-order valence-corrected chi connectivity index (χ4v) is 5.44. The maximum Gasteiger partial charge on any atom is 0.336 e. The maximum atomic E-state index is 12.9. The molecule has 3 unspecified atom stereocenters. The summed E-state index contributed by atoms with van der Waals surface area (Å²) in [5.74, 6) is -0.574. The number of hydrogen-bond acceptors (Lipinski definition) is 2. The Hall–Kier alpha value is -0.680. The van der Waals surface area contributed by atoms with Crippen molar-refractivity contribution in [2.24, 2.45) is 5.92 Å². The summed E-state index contributed by atoms with van der Waals surface area (Å²) in [6.45, 7) is 2.12. The highest BCUT2D eigenvalue weighted by atomic mass is 79.9. The largest absolute Gasteiger partial charge is 0.478 e. The predicted octanol–water partition coefficient (Wildman–Crippen LogP) is 4.22. The Labute approximate surface area is 130 Å². The molecule has 1 aromatic carbocycles. The fraction of sp³-hybridized carbons (Fsp3) is 0.533. The molecule has 0 saturated heterocycles. The van der Waals surface area contributed by atoms with Crippen molar-refractivity contribution in [3.05, 3.63) is 28.2 Å². The molecule has 0 aromatic heterocycles. The lowest BCUT2D eigenvalue weighted by molar-refractivity contribution is 0.0693. The molecule has 1 fully saturated rings. The van der Waals surface area contributed by atoms with E-state index in [9.17, 15) is 14.1 Å². The first kappa shape index (κ1) is 15.7. The van der Waals surface area contributed by atoms with Gasteiger partial charge >= 0.3 is 5.97 Å². The number of hydrogen-bond donors (Lipinski definition) is 1. The standard InChI is InChI=1S/C15H19BrO3S/c1-2-10-5-3-4-6-13(10)20(19)14-9-11(16)7-8-12(14)15(17)18/h7-10,13H,2-6H2,1H3,(H,17,18). The Morgan fingerprint density at radius 3 is 2.75 bits per heavy atom. The SMILES string of the molecule is CCC1CCCCC1S(=O)c1cc(Br)ccc1C(=O)O. The van der Waals surface area contributed by atoms with Gasteiger partial charge in [0.2, 0.25) is 0 Å². The van der Waals surface area contributed by atoms with Crippen LogP contribution in [0, 0.1) is 5.92 Å². The first-order valence-electron chi connectivity index (χ1n) is 6.98. The Bertz CT molecular complexity index is 530. The molecule has 110 valence electrons. The Morgan fingerprint density at radius 1 is 1.40 bits per heavy atom. The molecule has 1 saturated carbocycles. The van der Waals surface area contributed by atoms with E-state index in [0.29, 0.717) is 10.8 Å². The molecular weight excluding hydrogens is 340 g/mol. The second kappa shape index (κ2) is 6.85. The van der Waals surface area contributed by atoms with Gasteiger partial charge in [-0.3, -0.25) is 4.21 Å². The van der Waals surface area contributed by atoms with E-state index >= 15 is 0 Å². The molecule has 0 aliphatic heterocycles. The molecule has 0 amide bonds. The molecule has 3 nitrogen and oxygen atoms in total. The summed E-state index contributed by atoms with van der Waals surface area (Å²) in [4.78, 5) is 11.8. The quantitative estimate of drug-likeness (QED) is 0.876. The maximum absolute atomic E-state index is 12.9. The van der Waals surface area contributed by atoms with Gasteiger partial charge in [-0.1, -0.05) is 42.1 Å². The van der Waals surface area contributed by atoms with Crippen LogP contribution in [-0.4, -0.2) is 20.5 Å². The molecular formula is C15H19BrO3S. The van der Waals surface area contributed by atoms with Gasteiger partial charge in [0.1, 0.15) is 0 Å². The van der Waals surface area contributed by atoms with Gasteiger partial charge < -0.3 is 5.11 Å². The number of halogens is 1. The number of carboxylic acid groups (broad SMARTS) is 1. The lowest BCUT2D eigenvalue weighted by atomic mass is 9.87. The Balaban J connectivity index is 2.36. The van der Waals surface area contributed by atoms with Gasteiger partial charge in [0, 0.05) is 9.72 Å². The van der Waals surface area contributed by atoms with Gasteiger partial charge in [0.25, 0.3) is 0 Å². The third kappa shape index (κ3) is 3.31. The lowest BCUT2D eigenvalue weighted by Gasteiger charge is -2.30. The molecule has 0 radical (unpaired) electrons. The molecule has 1 aliphatic carbocycles. The normalized spacial score (nSPS) is 24.3. The summed E-state index contributed by atoms with van der Waals surface area (Å²) in [6, 6.07) is 4.91. The van der Waals surface area contributed by atoms with Crippen molar-refractivity contribution >= 4 is 32.7 Å². The third-order valence-corrected chi connectivity index (χ3v) is 6.46. The van der Waals surface area contributed by atoms with Crippen LogP contribution in [0.15, 0.2) is 27.6 Å². The average Bonchev–Trinajstić information content (AvgIpc) is 2.46. The highest BCUT2D eigenvalue weighted by Gasteiger charge is 2.31. The van der Waals surface area contributed by atoms with Gasteiger partial charge in [-0.05, 0) is 37.0 Å². The van der Waals surface area contributed by atoms with Crippen LogP contribution in [0.25, 0.3) is 0 Å². The Kier molecular flexibility index (Phi) is 5.38. The topological polar surface area (TPSA) is 54.4 Å². The predicted molar refractivity (Wildman–Crippen MR) is 83.5 cm³/mol. The summed E-state index contributed by atoms with van der Waals surface area (Å²) in [5.41, 5.74) is 0.159. The number of aromatic carboxylic acids is 1. The first-order valence-corrected chi connectivity index (χ1v) is 8.98. The van der Waals surface area contributed by atoms with Gasteiger partial charge in [-0.2, -0.15) is 0 Å². The monoisotopic (exact) mass is 358 g/mol. The zero-order chi connectivity index (χ0) is 14.7. The van der Waals surface area contributed by atoms with Crippen LogP contribution < -0.4 is 0 Å². The van der Waals surface area contributed by atoms with Crippen LogP contribution in [-0.2, 0) is 10.8 Å². The third-order valence-electron chi connectivity index (χ3n) is 4.03. The van der Waals surface area contributed by atoms with Crippen molar-refractivity contribution in [2.75, 3.05) is 0 Å². The van der Waals surface area contributed by atoms with Crippen molar-refractivity contribution < 1.29 is 14.1 Å². The van der Waals surface area contributed by atoms with Gasteiger partial charge in [-0.25, -0.2) is 4.79 Å². The van der Waals surface area contributed by atoms with Crippen molar-refractivity contribution in [1.82, 2.24) is 0 Å². The van der Waals surface area contributed by atoms with E-state index in [2.05, 4.69) is 22.9 Å². The second-order valence-electron chi connectivity index (χ2n) is 5.23. The van der Waals surface area contributed by atoms with E-state index in [4.69, 9.17) is 0 Å². The van der Waals surface area contributed by atoms with E-state index < -0.39 is 16.8 Å². The number of rotatable bonds is 4. The number of carbonyl (C=O) groups is 1. The van der Waals surface area contributed by atoms with Crippen molar-refractivity contribution in [1.29, 1.82) is 0 Å². The van der Waals surface area contributed by atoms with Crippen LogP contribution in [0.3, 0.4) is 0 Å². The van der Waals surface area contributed by atoms with E-state index in [1.165, 1.54) is 12.5 Å². The van der Waals surface area contributed by atoms with Crippen molar-refractivity contribution in [3.63, 3.8) is 0 Å². The fourth-order valence-electron chi connectivity index (χ4n) is 2.92. The zero-order valence-electron chi connectivity index (χ0n) is 11.5. The molecule has 20 heavy (non-hydrogen) atoms. The highest BCUT2D eigenvalue weighted by molar-refractivity contribution is 9.10. The van der Waals surface area contributed by atoms with E-state index in [1.807, 2.05) is 0 Å². The van der Waals surface area contributed by atoms with Gasteiger partial charge in [0.15, 0.2) is 0 Å². The summed E-state index contributed by atoms with van der Waals surface area (Å²) in [6.07, 6.45) is 5.31. The molecule has 1 N–H and O–H groups in total. The van der Waals surface area contributed by atoms with Crippen LogP contribution in [0.1, 0.15) is 49.4 Å². The van der Waals surface area contributed by atoms with Crippen LogP contribution in [0.5, 0.6) is 0 Å². The molecule has 0 bridgehead atoms. The Morgan fingerprint density at radius 2 is 2.10 bits per heavy atom. The van der Waals surface area contributed by atoms with Crippen LogP contribution in [0.2, 0.25) is 0 Å². The minimum absolute atomic E-state index is 0.0844. The smallest absolute Gasteiger partial charge is 0.336 e. The molecule has 0 heterocycles. The second-order valence-corrected chi connectivity index (χ2v) is 7.79. The molecule has 5 heteroatoms. The summed E-state index contributed by atoms with van der Waals surface area (Å²) in [5, 5.41) is 9.36. The molecule has 1 aliphatic rings. The number of carboxylic acids is 1. The minimum Gasteiger partial charge on any atom is -0.478 e. The first-order chi connectivity index (χ1) is 9.54. The van der Waals surface area contributed by atoms with Crippen molar-refractivity contribution in [3.8, 4) is 0 Å². The molecule has 0 spiro atoms. The highest BCUT2D eigenvalue weighted by Crippen LogP contribution is 2.34. The lowest BCUT2D eigenvalue weighted by Crippen LogP contribution is -2.29.